The van der Waals surface area contributed by atoms with E-state index >= 15 is 0 Å². The number of halogens is 1. The lowest BCUT2D eigenvalue weighted by Crippen LogP contribution is -2.37. The average Bonchev–Trinajstić information content (AvgIpc) is 2.70. The first-order valence-electron chi connectivity index (χ1n) is 5.77. The van der Waals surface area contributed by atoms with Gasteiger partial charge in [-0.15, -0.1) is 11.3 Å². The van der Waals surface area contributed by atoms with Crippen LogP contribution in [0.1, 0.15) is 11.8 Å². The molecule has 0 radical (unpaired) electrons. The Balaban J connectivity index is 2.11. The molecule has 0 aliphatic heterocycles. The molecular formula is C12H21ClN2OS. The van der Waals surface area contributed by atoms with E-state index in [1.54, 1.807) is 18.4 Å². The molecular weight excluding hydrogens is 256 g/mol. The number of rotatable bonds is 8. The zero-order valence-corrected chi connectivity index (χ0v) is 12.3. The fraction of sp³-hybridized carbons (Fsp3) is 0.667. The Morgan fingerprint density at radius 3 is 2.88 bits per heavy atom. The molecule has 0 aliphatic rings. The van der Waals surface area contributed by atoms with Gasteiger partial charge in [0.05, 0.1) is 10.9 Å². The topological polar surface area (TPSA) is 24.5 Å². The second-order valence-electron chi connectivity index (χ2n) is 4.17. The highest BCUT2D eigenvalue weighted by molar-refractivity contribution is 7.16. The smallest absolute Gasteiger partial charge is 0.0931 e. The molecule has 1 atom stereocenters. The van der Waals surface area contributed by atoms with Gasteiger partial charge in [0, 0.05) is 37.7 Å². The number of methoxy groups -OCH3 is 1. The van der Waals surface area contributed by atoms with Crippen molar-refractivity contribution < 1.29 is 4.74 Å². The third kappa shape index (κ3) is 5.84. The first kappa shape index (κ1) is 14.9. The summed E-state index contributed by atoms with van der Waals surface area (Å²) in [5, 5.41) is 3.41. The summed E-state index contributed by atoms with van der Waals surface area (Å²) in [5.41, 5.74) is 0. The Kier molecular flexibility index (Phi) is 7.08. The van der Waals surface area contributed by atoms with E-state index in [2.05, 4.69) is 30.3 Å². The van der Waals surface area contributed by atoms with Crippen molar-refractivity contribution in [3.8, 4) is 0 Å². The zero-order valence-electron chi connectivity index (χ0n) is 10.7. The summed E-state index contributed by atoms with van der Waals surface area (Å²) in [5.74, 6) is 0. The lowest BCUT2D eigenvalue weighted by Gasteiger charge is -2.23. The maximum absolute atomic E-state index is 5.87. The summed E-state index contributed by atoms with van der Waals surface area (Å²) in [6.45, 7) is 5.83. The van der Waals surface area contributed by atoms with E-state index < -0.39 is 0 Å². The summed E-state index contributed by atoms with van der Waals surface area (Å²) in [4.78, 5) is 3.57. The molecule has 0 spiro atoms. The van der Waals surface area contributed by atoms with E-state index in [0.717, 1.165) is 30.6 Å². The quantitative estimate of drug-likeness (QED) is 0.738. The number of nitrogens with zero attached hydrogens (tertiary/aromatic N) is 1. The molecule has 98 valence electrons. The fourth-order valence-corrected chi connectivity index (χ4v) is 2.56. The van der Waals surface area contributed by atoms with Crippen LogP contribution in [0.2, 0.25) is 4.34 Å². The second-order valence-corrected chi connectivity index (χ2v) is 5.97. The molecule has 1 aromatic heterocycles. The highest BCUT2D eigenvalue weighted by Gasteiger charge is 2.07. The minimum atomic E-state index is 0.456. The Bertz CT molecular complexity index is 319. The number of nitrogens with one attached hydrogen (secondary N) is 1. The van der Waals surface area contributed by atoms with Crippen molar-refractivity contribution in [2.75, 3.05) is 33.9 Å². The van der Waals surface area contributed by atoms with E-state index in [9.17, 15) is 0 Å². The van der Waals surface area contributed by atoms with E-state index in [1.807, 2.05) is 6.07 Å². The summed E-state index contributed by atoms with van der Waals surface area (Å²) in [6.07, 6.45) is 0. The number of ether oxygens (including phenoxy) is 1. The molecule has 3 nitrogen and oxygen atoms in total. The van der Waals surface area contributed by atoms with Crippen LogP contribution in [0.25, 0.3) is 0 Å². The summed E-state index contributed by atoms with van der Waals surface area (Å²) < 4.78 is 5.98. The Hall–Kier alpha value is -0.130. The van der Waals surface area contributed by atoms with Crippen LogP contribution in [0.15, 0.2) is 12.1 Å². The van der Waals surface area contributed by atoms with E-state index in [4.69, 9.17) is 16.3 Å². The molecule has 0 bridgehead atoms. The van der Waals surface area contributed by atoms with Gasteiger partial charge in [-0.3, -0.25) is 0 Å². The van der Waals surface area contributed by atoms with Crippen LogP contribution in [0.5, 0.6) is 0 Å². The summed E-state index contributed by atoms with van der Waals surface area (Å²) in [6, 6.07) is 4.46. The standard InChI is InChI=1S/C12H21ClN2OS/c1-10(9-16-3)15(2)7-6-14-8-11-4-5-12(13)17-11/h4-5,10,14H,6-9H2,1-3H3. The normalized spacial score (nSPS) is 13.2. The molecule has 1 unspecified atom stereocenters. The molecule has 0 aromatic carbocycles. The number of hydrogen-bond donors (Lipinski definition) is 1. The van der Waals surface area contributed by atoms with Crippen LogP contribution < -0.4 is 5.32 Å². The lowest BCUT2D eigenvalue weighted by atomic mass is 10.3. The molecule has 1 N–H and O–H groups in total. The van der Waals surface area contributed by atoms with Gasteiger partial charge in [-0.25, -0.2) is 0 Å². The van der Waals surface area contributed by atoms with Crippen LogP contribution in [-0.4, -0.2) is 44.8 Å². The second kappa shape index (κ2) is 8.06. The molecule has 1 rings (SSSR count). The van der Waals surface area contributed by atoms with Crippen molar-refractivity contribution in [2.45, 2.75) is 19.5 Å². The predicted molar refractivity (Wildman–Crippen MR) is 75.0 cm³/mol. The summed E-state index contributed by atoms with van der Waals surface area (Å²) in [7, 11) is 3.86. The molecule has 0 aliphatic carbocycles. The van der Waals surface area contributed by atoms with E-state index in [-0.39, 0.29) is 0 Å². The number of hydrogen-bond acceptors (Lipinski definition) is 4. The van der Waals surface area contributed by atoms with Crippen molar-refractivity contribution in [2.24, 2.45) is 0 Å². The van der Waals surface area contributed by atoms with Crippen LogP contribution in [0.3, 0.4) is 0 Å². The first-order chi connectivity index (χ1) is 8.13. The van der Waals surface area contributed by atoms with Crippen LogP contribution in [0, 0.1) is 0 Å². The molecule has 17 heavy (non-hydrogen) atoms. The number of thiophene rings is 1. The Morgan fingerprint density at radius 2 is 2.29 bits per heavy atom. The van der Waals surface area contributed by atoms with Gasteiger partial charge in [0.25, 0.3) is 0 Å². The van der Waals surface area contributed by atoms with Crippen molar-refractivity contribution >= 4 is 22.9 Å². The van der Waals surface area contributed by atoms with Gasteiger partial charge in [0.15, 0.2) is 0 Å². The van der Waals surface area contributed by atoms with Gasteiger partial charge in [-0.1, -0.05) is 11.6 Å². The van der Waals surface area contributed by atoms with Gasteiger partial charge >= 0.3 is 0 Å². The number of likely N-dealkylation sites (N-methyl/N-ethyl adjacent to an activating group) is 1. The SMILES string of the molecule is COCC(C)N(C)CCNCc1ccc(Cl)s1. The fourth-order valence-electron chi connectivity index (χ4n) is 1.50. The largest absolute Gasteiger partial charge is 0.383 e. The predicted octanol–water partition coefficient (Wildman–Crippen LogP) is 2.46. The van der Waals surface area contributed by atoms with Gasteiger partial charge in [0.2, 0.25) is 0 Å². The van der Waals surface area contributed by atoms with Gasteiger partial charge in [0.1, 0.15) is 0 Å². The molecule has 0 saturated heterocycles. The maximum Gasteiger partial charge on any atom is 0.0931 e. The lowest BCUT2D eigenvalue weighted by molar-refractivity contribution is 0.116. The highest BCUT2D eigenvalue weighted by atomic mass is 35.5. The maximum atomic E-state index is 5.87. The minimum absolute atomic E-state index is 0.456. The summed E-state index contributed by atoms with van der Waals surface area (Å²) >= 11 is 7.50. The highest BCUT2D eigenvalue weighted by Crippen LogP contribution is 2.20. The van der Waals surface area contributed by atoms with Gasteiger partial charge in [-0.05, 0) is 26.1 Å². The van der Waals surface area contributed by atoms with Gasteiger partial charge < -0.3 is 15.0 Å². The first-order valence-corrected chi connectivity index (χ1v) is 6.97. The third-order valence-corrected chi connectivity index (χ3v) is 3.96. The monoisotopic (exact) mass is 276 g/mol. The Morgan fingerprint density at radius 1 is 1.53 bits per heavy atom. The van der Waals surface area contributed by atoms with Crippen molar-refractivity contribution in [3.63, 3.8) is 0 Å². The van der Waals surface area contributed by atoms with E-state index in [1.165, 1.54) is 4.88 Å². The van der Waals surface area contributed by atoms with E-state index in [0.29, 0.717) is 6.04 Å². The van der Waals surface area contributed by atoms with Crippen LogP contribution >= 0.6 is 22.9 Å². The molecule has 0 saturated carbocycles. The molecule has 0 amide bonds. The molecule has 5 heteroatoms. The van der Waals surface area contributed by atoms with Crippen molar-refractivity contribution in [1.29, 1.82) is 0 Å². The minimum Gasteiger partial charge on any atom is -0.383 e. The van der Waals surface area contributed by atoms with Crippen molar-refractivity contribution in [1.82, 2.24) is 10.2 Å². The molecule has 0 fully saturated rings. The van der Waals surface area contributed by atoms with Gasteiger partial charge in [-0.2, -0.15) is 0 Å². The molecule has 1 heterocycles. The van der Waals surface area contributed by atoms with Crippen molar-refractivity contribution in [3.05, 3.63) is 21.3 Å². The molecule has 1 aromatic rings. The third-order valence-electron chi connectivity index (χ3n) is 2.73. The Labute approximate surface area is 113 Å². The average molecular weight is 277 g/mol. The zero-order chi connectivity index (χ0) is 12.7. The van der Waals surface area contributed by atoms with Crippen LogP contribution in [-0.2, 0) is 11.3 Å². The van der Waals surface area contributed by atoms with Crippen LogP contribution in [0.4, 0.5) is 0 Å².